The van der Waals surface area contributed by atoms with Crippen molar-refractivity contribution in [1.29, 1.82) is 0 Å². The lowest BCUT2D eigenvalue weighted by atomic mass is 10.2. The number of halogens is 2. The van der Waals surface area contributed by atoms with Gasteiger partial charge in [-0.15, -0.1) is 11.8 Å². The number of carbonyl (C=O) groups excluding carboxylic acids is 1. The van der Waals surface area contributed by atoms with Gasteiger partial charge in [-0.05, 0) is 17.7 Å². The fraction of sp³-hybridized carbons (Fsp3) is 0.222. The highest BCUT2D eigenvalue weighted by molar-refractivity contribution is 7.99. The van der Waals surface area contributed by atoms with Crippen LogP contribution in [0.3, 0.4) is 0 Å². The molecular weight excluding hydrogens is 255 g/mol. The number of carbonyl (C=O) groups is 1. The summed E-state index contributed by atoms with van der Waals surface area (Å²) >= 11 is 13.1. The second-order valence-electron chi connectivity index (χ2n) is 2.81. The third-order valence-electron chi connectivity index (χ3n) is 1.65. The molecule has 3 N–H and O–H groups in total. The van der Waals surface area contributed by atoms with Crippen LogP contribution in [0, 0.1) is 0 Å². The molecule has 0 bridgehead atoms. The average Bonchev–Trinajstić information content (AvgIpc) is 2.23. The standard InChI is InChI=1S/C9H10Cl2N2OS/c10-7-2-1-6(3-8(7)11)4-15-5-9(14)13-12/h1-3H,4-5,12H2,(H,13,14). The maximum absolute atomic E-state index is 10.8. The summed E-state index contributed by atoms with van der Waals surface area (Å²) in [6.07, 6.45) is 0. The first-order valence-corrected chi connectivity index (χ1v) is 6.05. The summed E-state index contributed by atoms with van der Waals surface area (Å²) in [7, 11) is 0. The smallest absolute Gasteiger partial charge is 0.243 e. The summed E-state index contributed by atoms with van der Waals surface area (Å²) in [5.74, 6) is 5.78. The minimum Gasteiger partial charge on any atom is -0.294 e. The Hall–Kier alpha value is -0.420. The van der Waals surface area contributed by atoms with Gasteiger partial charge in [0.2, 0.25) is 5.91 Å². The molecule has 1 amide bonds. The number of nitrogens with one attached hydrogen (secondary N) is 1. The van der Waals surface area contributed by atoms with Crippen molar-refractivity contribution in [3.05, 3.63) is 33.8 Å². The van der Waals surface area contributed by atoms with E-state index in [0.717, 1.165) is 5.56 Å². The molecule has 0 atom stereocenters. The van der Waals surface area contributed by atoms with E-state index in [2.05, 4.69) is 5.43 Å². The Morgan fingerprint density at radius 1 is 1.40 bits per heavy atom. The van der Waals surface area contributed by atoms with Gasteiger partial charge in [0.1, 0.15) is 0 Å². The van der Waals surface area contributed by atoms with Crippen molar-refractivity contribution in [2.75, 3.05) is 5.75 Å². The van der Waals surface area contributed by atoms with Gasteiger partial charge in [-0.3, -0.25) is 10.2 Å². The van der Waals surface area contributed by atoms with Crippen molar-refractivity contribution in [3.63, 3.8) is 0 Å². The van der Waals surface area contributed by atoms with E-state index in [9.17, 15) is 4.79 Å². The Bertz CT molecular complexity index is 360. The van der Waals surface area contributed by atoms with Crippen LogP contribution in [-0.4, -0.2) is 11.7 Å². The van der Waals surface area contributed by atoms with E-state index in [1.807, 2.05) is 6.07 Å². The topological polar surface area (TPSA) is 55.1 Å². The Labute approximate surface area is 102 Å². The number of hydrogen-bond acceptors (Lipinski definition) is 3. The summed E-state index contributed by atoms with van der Waals surface area (Å²) in [5.41, 5.74) is 3.09. The zero-order valence-corrected chi connectivity index (χ0v) is 10.1. The predicted molar refractivity (Wildman–Crippen MR) is 65.0 cm³/mol. The van der Waals surface area contributed by atoms with Crippen molar-refractivity contribution in [3.8, 4) is 0 Å². The van der Waals surface area contributed by atoms with Crippen LogP contribution in [0.25, 0.3) is 0 Å². The molecule has 0 aliphatic heterocycles. The fourth-order valence-corrected chi connectivity index (χ4v) is 2.04. The first-order valence-electron chi connectivity index (χ1n) is 4.14. The van der Waals surface area contributed by atoms with Gasteiger partial charge in [0.25, 0.3) is 0 Å². The van der Waals surface area contributed by atoms with Crippen molar-refractivity contribution in [2.24, 2.45) is 5.84 Å². The highest BCUT2D eigenvalue weighted by atomic mass is 35.5. The molecule has 0 fully saturated rings. The lowest BCUT2D eigenvalue weighted by molar-refractivity contribution is -0.118. The van der Waals surface area contributed by atoms with Crippen molar-refractivity contribution in [1.82, 2.24) is 5.43 Å². The largest absolute Gasteiger partial charge is 0.294 e. The molecule has 3 nitrogen and oxygen atoms in total. The molecule has 0 aliphatic rings. The minimum absolute atomic E-state index is 0.194. The van der Waals surface area contributed by atoms with E-state index >= 15 is 0 Å². The van der Waals surface area contributed by atoms with E-state index in [1.165, 1.54) is 11.8 Å². The van der Waals surface area contributed by atoms with E-state index in [0.29, 0.717) is 21.6 Å². The molecule has 0 radical (unpaired) electrons. The summed E-state index contributed by atoms with van der Waals surface area (Å²) in [6.45, 7) is 0. The zero-order chi connectivity index (χ0) is 11.3. The summed E-state index contributed by atoms with van der Waals surface area (Å²) in [6, 6.07) is 5.40. The Kier molecular flexibility index (Phi) is 5.25. The van der Waals surface area contributed by atoms with Gasteiger partial charge in [0.15, 0.2) is 0 Å². The summed E-state index contributed by atoms with van der Waals surface area (Å²) < 4.78 is 0. The van der Waals surface area contributed by atoms with Crippen LogP contribution in [0.15, 0.2) is 18.2 Å². The first-order chi connectivity index (χ1) is 7.13. The molecule has 6 heteroatoms. The van der Waals surface area contributed by atoms with Crippen LogP contribution < -0.4 is 11.3 Å². The number of hydrazine groups is 1. The lowest BCUT2D eigenvalue weighted by Crippen LogP contribution is -2.31. The molecule has 0 spiro atoms. The van der Waals surface area contributed by atoms with Crippen LogP contribution in [0.5, 0.6) is 0 Å². The molecule has 15 heavy (non-hydrogen) atoms. The van der Waals surface area contributed by atoms with Crippen molar-refractivity contribution >= 4 is 40.9 Å². The highest BCUT2D eigenvalue weighted by Crippen LogP contribution is 2.24. The van der Waals surface area contributed by atoms with Crippen LogP contribution >= 0.6 is 35.0 Å². The van der Waals surface area contributed by atoms with Crippen molar-refractivity contribution in [2.45, 2.75) is 5.75 Å². The molecular formula is C9H10Cl2N2OS. The maximum atomic E-state index is 10.8. The second-order valence-corrected chi connectivity index (χ2v) is 4.61. The molecule has 82 valence electrons. The zero-order valence-electron chi connectivity index (χ0n) is 7.80. The number of nitrogens with two attached hydrogens (primary N) is 1. The van der Waals surface area contributed by atoms with Crippen molar-refractivity contribution < 1.29 is 4.79 Å². The van der Waals surface area contributed by atoms with Gasteiger partial charge in [-0.1, -0.05) is 29.3 Å². The number of benzene rings is 1. The molecule has 0 heterocycles. The van der Waals surface area contributed by atoms with Gasteiger partial charge in [0.05, 0.1) is 15.8 Å². The summed E-state index contributed by atoms with van der Waals surface area (Å²) in [4.78, 5) is 10.8. The molecule has 1 aromatic carbocycles. The normalized spacial score (nSPS) is 10.1. The van der Waals surface area contributed by atoms with Crippen LogP contribution in [0.4, 0.5) is 0 Å². The van der Waals surface area contributed by atoms with Gasteiger partial charge in [-0.25, -0.2) is 5.84 Å². The lowest BCUT2D eigenvalue weighted by Gasteiger charge is -2.02. The monoisotopic (exact) mass is 264 g/mol. The van der Waals surface area contributed by atoms with E-state index in [4.69, 9.17) is 29.0 Å². The van der Waals surface area contributed by atoms with Gasteiger partial charge < -0.3 is 0 Å². The van der Waals surface area contributed by atoms with Crippen LogP contribution in [0.1, 0.15) is 5.56 Å². The minimum atomic E-state index is -0.194. The first kappa shape index (κ1) is 12.6. The second kappa shape index (κ2) is 6.23. The Morgan fingerprint density at radius 3 is 2.73 bits per heavy atom. The molecule has 0 saturated heterocycles. The maximum Gasteiger partial charge on any atom is 0.243 e. The van der Waals surface area contributed by atoms with Gasteiger partial charge >= 0.3 is 0 Å². The number of amides is 1. The van der Waals surface area contributed by atoms with E-state index in [-0.39, 0.29) is 5.91 Å². The SMILES string of the molecule is NNC(=O)CSCc1ccc(Cl)c(Cl)c1. The van der Waals surface area contributed by atoms with Gasteiger partial charge in [-0.2, -0.15) is 0 Å². The third kappa shape index (κ3) is 4.30. The fourth-order valence-electron chi connectivity index (χ4n) is 0.933. The molecule has 0 saturated carbocycles. The summed E-state index contributed by atoms with van der Waals surface area (Å²) in [5, 5.41) is 1.06. The molecule has 0 aromatic heterocycles. The number of thioether (sulfide) groups is 1. The third-order valence-corrected chi connectivity index (χ3v) is 3.39. The molecule has 0 aliphatic carbocycles. The highest BCUT2D eigenvalue weighted by Gasteiger charge is 2.02. The Morgan fingerprint density at radius 2 is 2.13 bits per heavy atom. The predicted octanol–water partition coefficient (Wildman–Crippen LogP) is 2.22. The van der Waals surface area contributed by atoms with E-state index < -0.39 is 0 Å². The molecule has 1 rings (SSSR count). The molecule has 0 unspecified atom stereocenters. The Balaban J connectivity index is 2.44. The van der Waals surface area contributed by atoms with E-state index in [1.54, 1.807) is 12.1 Å². The quantitative estimate of drug-likeness (QED) is 0.498. The number of hydrogen-bond donors (Lipinski definition) is 2. The van der Waals surface area contributed by atoms with Crippen LogP contribution in [0.2, 0.25) is 10.0 Å². The molecule has 1 aromatic rings. The van der Waals surface area contributed by atoms with Crippen LogP contribution in [-0.2, 0) is 10.5 Å². The van der Waals surface area contributed by atoms with Gasteiger partial charge in [0, 0.05) is 5.75 Å². The number of rotatable bonds is 4. The average molecular weight is 265 g/mol.